The van der Waals surface area contributed by atoms with E-state index in [0.717, 1.165) is 0 Å². The first-order valence-corrected chi connectivity index (χ1v) is 8.05. The van der Waals surface area contributed by atoms with Gasteiger partial charge in [0.05, 0.1) is 28.8 Å². The zero-order valence-electron chi connectivity index (χ0n) is 12.0. The Hall–Kier alpha value is -2.87. The quantitative estimate of drug-likeness (QED) is 0.824. The van der Waals surface area contributed by atoms with Crippen LogP contribution in [0.1, 0.15) is 20.7 Å². The van der Waals surface area contributed by atoms with E-state index in [2.05, 4.69) is 10.0 Å². The van der Waals surface area contributed by atoms with Crippen LogP contribution in [0.3, 0.4) is 0 Å². The Morgan fingerprint density at radius 3 is 2.48 bits per heavy atom. The zero-order valence-corrected chi connectivity index (χ0v) is 12.8. The van der Waals surface area contributed by atoms with E-state index in [4.69, 9.17) is 4.74 Å². The van der Waals surface area contributed by atoms with Gasteiger partial charge in [-0.05, 0) is 30.3 Å². The summed E-state index contributed by atoms with van der Waals surface area (Å²) in [5.41, 5.74) is 0.532. The van der Waals surface area contributed by atoms with Crippen LogP contribution in [0.15, 0.2) is 47.4 Å². The van der Waals surface area contributed by atoms with Gasteiger partial charge in [-0.25, -0.2) is 8.42 Å². The van der Waals surface area contributed by atoms with Crippen molar-refractivity contribution in [2.75, 3.05) is 11.8 Å². The minimum absolute atomic E-state index is 0.0449. The van der Waals surface area contributed by atoms with Gasteiger partial charge in [0.15, 0.2) is 0 Å². The number of imide groups is 1. The number of carbonyl (C=O) groups is 2. The van der Waals surface area contributed by atoms with Crippen LogP contribution < -0.4 is 14.8 Å². The van der Waals surface area contributed by atoms with Crippen molar-refractivity contribution < 1.29 is 22.7 Å². The van der Waals surface area contributed by atoms with Gasteiger partial charge in [-0.15, -0.1) is 0 Å². The molecule has 0 radical (unpaired) electrons. The monoisotopic (exact) mass is 332 g/mol. The van der Waals surface area contributed by atoms with Gasteiger partial charge in [0.1, 0.15) is 5.75 Å². The molecule has 2 aromatic rings. The molecule has 1 aliphatic heterocycles. The maximum atomic E-state index is 12.4. The van der Waals surface area contributed by atoms with Gasteiger partial charge in [-0.3, -0.25) is 19.6 Å². The lowest BCUT2D eigenvalue weighted by atomic mass is 10.1. The van der Waals surface area contributed by atoms with Crippen LogP contribution in [0.2, 0.25) is 0 Å². The molecule has 0 fully saturated rings. The summed E-state index contributed by atoms with van der Waals surface area (Å²) in [5, 5.41) is 2.12. The highest BCUT2D eigenvalue weighted by molar-refractivity contribution is 7.92. The Morgan fingerprint density at radius 1 is 1.00 bits per heavy atom. The van der Waals surface area contributed by atoms with Crippen LogP contribution in [-0.4, -0.2) is 27.3 Å². The van der Waals surface area contributed by atoms with Crippen molar-refractivity contribution in [3.05, 3.63) is 53.6 Å². The van der Waals surface area contributed by atoms with Crippen molar-refractivity contribution in [3.8, 4) is 5.75 Å². The van der Waals surface area contributed by atoms with E-state index in [1.165, 1.54) is 31.4 Å². The minimum Gasteiger partial charge on any atom is -0.497 e. The molecule has 2 N–H and O–H groups in total. The highest BCUT2D eigenvalue weighted by atomic mass is 32.2. The predicted molar refractivity (Wildman–Crippen MR) is 82.0 cm³/mol. The number of nitrogens with one attached hydrogen (secondary N) is 2. The molecule has 7 nitrogen and oxygen atoms in total. The van der Waals surface area contributed by atoms with E-state index < -0.39 is 21.8 Å². The molecule has 3 rings (SSSR count). The Bertz CT molecular complexity index is 921. The Labute approximate surface area is 132 Å². The predicted octanol–water partition coefficient (Wildman–Crippen LogP) is 1.38. The summed E-state index contributed by atoms with van der Waals surface area (Å²) in [6.45, 7) is 0. The molecule has 0 unspecified atom stereocenters. The van der Waals surface area contributed by atoms with E-state index in [-0.39, 0.29) is 16.0 Å². The molecule has 1 aliphatic rings. The standard InChI is InChI=1S/C15H12N2O5S/c1-22-10-4-2-3-9(7-10)17-23(20,21)11-5-6-12-13(8-11)15(19)16-14(12)18/h2-8,17H,1H3,(H,16,18,19). The van der Waals surface area contributed by atoms with Gasteiger partial charge in [-0.2, -0.15) is 0 Å². The number of hydrogen-bond acceptors (Lipinski definition) is 5. The molecular weight excluding hydrogens is 320 g/mol. The summed E-state index contributed by atoms with van der Waals surface area (Å²) < 4.78 is 32.3. The first kappa shape index (κ1) is 15.0. The third-order valence-electron chi connectivity index (χ3n) is 3.34. The van der Waals surface area contributed by atoms with E-state index in [1.54, 1.807) is 18.2 Å². The van der Waals surface area contributed by atoms with Crippen LogP contribution >= 0.6 is 0 Å². The Morgan fingerprint density at radius 2 is 1.74 bits per heavy atom. The lowest BCUT2D eigenvalue weighted by molar-refractivity contribution is 0.0879. The fraction of sp³-hybridized carbons (Fsp3) is 0.0667. The normalized spacial score (nSPS) is 13.4. The second-order valence-electron chi connectivity index (χ2n) is 4.83. The van der Waals surface area contributed by atoms with Gasteiger partial charge in [0, 0.05) is 6.07 Å². The van der Waals surface area contributed by atoms with Crippen molar-refractivity contribution in [2.24, 2.45) is 0 Å². The molecule has 0 bridgehead atoms. The number of carbonyl (C=O) groups excluding carboxylic acids is 2. The average molecular weight is 332 g/mol. The summed E-state index contributed by atoms with van der Waals surface area (Å²) in [7, 11) is -2.42. The molecule has 0 atom stereocenters. The van der Waals surface area contributed by atoms with Crippen molar-refractivity contribution in [1.82, 2.24) is 5.32 Å². The van der Waals surface area contributed by atoms with Crippen molar-refractivity contribution >= 4 is 27.5 Å². The third kappa shape index (κ3) is 2.76. The molecular formula is C15H12N2O5S. The van der Waals surface area contributed by atoms with Crippen LogP contribution in [-0.2, 0) is 10.0 Å². The number of rotatable bonds is 4. The maximum Gasteiger partial charge on any atom is 0.261 e. The molecule has 118 valence electrons. The van der Waals surface area contributed by atoms with Crippen molar-refractivity contribution in [2.45, 2.75) is 4.90 Å². The molecule has 2 aromatic carbocycles. The number of amides is 2. The molecule has 23 heavy (non-hydrogen) atoms. The number of hydrogen-bond donors (Lipinski definition) is 2. The van der Waals surface area contributed by atoms with Crippen LogP contribution in [0, 0.1) is 0 Å². The topological polar surface area (TPSA) is 102 Å². The van der Waals surface area contributed by atoms with Gasteiger partial charge >= 0.3 is 0 Å². The summed E-state index contributed by atoms with van der Waals surface area (Å²) in [4.78, 5) is 23.0. The summed E-state index contributed by atoms with van der Waals surface area (Å²) in [6, 6.07) is 10.2. The van der Waals surface area contributed by atoms with Gasteiger partial charge in [0.25, 0.3) is 21.8 Å². The third-order valence-corrected chi connectivity index (χ3v) is 4.72. The number of anilines is 1. The maximum absolute atomic E-state index is 12.4. The molecule has 0 aromatic heterocycles. The van der Waals surface area contributed by atoms with Crippen LogP contribution in [0.5, 0.6) is 5.75 Å². The molecule has 8 heteroatoms. The van der Waals surface area contributed by atoms with E-state index in [0.29, 0.717) is 11.4 Å². The van der Waals surface area contributed by atoms with E-state index in [1.807, 2.05) is 0 Å². The molecule has 0 aliphatic carbocycles. The first-order valence-electron chi connectivity index (χ1n) is 6.57. The smallest absolute Gasteiger partial charge is 0.261 e. The van der Waals surface area contributed by atoms with Gasteiger partial charge in [-0.1, -0.05) is 6.07 Å². The average Bonchev–Trinajstić information content (AvgIpc) is 2.81. The number of methoxy groups -OCH3 is 1. The number of sulfonamides is 1. The zero-order chi connectivity index (χ0) is 16.6. The van der Waals surface area contributed by atoms with E-state index in [9.17, 15) is 18.0 Å². The largest absolute Gasteiger partial charge is 0.497 e. The second-order valence-corrected chi connectivity index (χ2v) is 6.51. The van der Waals surface area contributed by atoms with Gasteiger partial charge < -0.3 is 4.74 Å². The highest BCUT2D eigenvalue weighted by Gasteiger charge is 2.28. The summed E-state index contributed by atoms with van der Waals surface area (Å²) in [5.74, 6) is -0.637. The molecule has 0 saturated heterocycles. The molecule has 1 heterocycles. The van der Waals surface area contributed by atoms with Crippen molar-refractivity contribution in [1.29, 1.82) is 0 Å². The number of benzene rings is 2. The highest BCUT2D eigenvalue weighted by Crippen LogP contribution is 2.23. The van der Waals surface area contributed by atoms with E-state index >= 15 is 0 Å². The lowest BCUT2D eigenvalue weighted by Gasteiger charge is -2.09. The summed E-state index contributed by atoms with van der Waals surface area (Å²) in [6.07, 6.45) is 0. The molecule has 0 spiro atoms. The van der Waals surface area contributed by atoms with Crippen LogP contribution in [0.4, 0.5) is 5.69 Å². The number of fused-ring (bicyclic) bond motifs is 1. The second kappa shape index (κ2) is 5.40. The Balaban J connectivity index is 1.96. The summed E-state index contributed by atoms with van der Waals surface area (Å²) >= 11 is 0. The van der Waals surface area contributed by atoms with Crippen molar-refractivity contribution in [3.63, 3.8) is 0 Å². The fourth-order valence-electron chi connectivity index (χ4n) is 2.21. The lowest BCUT2D eigenvalue weighted by Crippen LogP contribution is -2.19. The minimum atomic E-state index is -3.90. The van der Waals surface area contributed by atoms with Gasteiger partial charge in [0.2, 0.25) is 0 Å². The SMILES string of the molecule is COc1cccc(NS(=O)(=O)c2ccc3c(c2)C(=O)NC3=O)c1. The number of ether oxygens (including phenoxy) is 1. The first-order chi connectivity index (χ1) is 10.9. The molecule has 2 amide bonds. The van der Waals surface area contributed by atoms with Crippen LogP contribution in [0.25, 0.3) is 0 Å². The molecule has 0 saturated carbocycles. The Kier molecular flexibility index (Phi) is 3.53. The fourth-order valence-corrected chi connectivity index (χ4v) is 3.29.